The first-order chi connectivity index (χ1) is 8.22. The zero-order valence-corrected chi connectivity index (χ0v) is 10.7. The van der Waals surface area contributed by atoms with Crippen LogP contribution in [0.5, 0.6) is 0 Å². The first kappa shape index (κ1) is 12.8. The molecule has 2 fully saturated rings. The number of carbonyl (C=O) groups is 1. The highest BCUT2D eigenvalue weighted by Gasteiger charge is 2.48. The highest BCUT2D eigenvalue weighted by Crippen LogP contribution is 2.34. The maximum absolute atomic E-state index is 12.4. The van der Waals surface area contributed by atoms with Crippen molar-refractivity contribution in [3.8, 4) is 0 Å². The van der Waals surface area contributed by atoms with E-state index in [1.54, 1.807) is 14.2 Å². The number of ether oxygens (including phenoxy) is 2. The van der Waals surface area contributed by atoms with E-state index in [-0.39, 0.29) is 17.6 Å². The summed E-state index contributed by atoms with van der Waals surface area (Å²) >= 11 is 0. The molecule has 0 aromatic heterocycles. The van der Waals surface area contributed by atoms with Gasteiger partial charge in [-0.05, 0) is 12.8 Å². The molecule has 5 heteroatoms. The number of rotatable bonds is 5. The zero-order valence-electron chi connectivity index (χ0n) is 10.7. The lowest BCUT2D eigenvalue weighted by Crippen LogP contribution is -2.45. The van der Waals surface area contributed by atoms with Crippen LogP contribution in [0.15, 0.2) is 0 Å². The van der Waals surface area contributed by atoms with Crippen LogP contribution in [-0.4, -0.2) is 56.5 Å². The van der Waals surface area contributed by atoms with Crippen LogP contribution in [0.2, 0.25) is 0 Å². The molecule has 98 valence electrons. The number of hydrogen-bond donors (Lipinski definition) is 1. The summed E-state index contributed by atoms with van der Waals surface area (Å²) in [5.41, 5.74) is -0.259. The third kappa shape index (κ3) is 2.46. The van der Waals surface area contributed by atoms with Gasteiger partial charge in [-0.1, -0.05) is 12.8 Å². The van der Waals surface area contributed by atoms with Crippen molar-refractivity contribution < 1.29 is 14.3 Å². The highest BCUT2D eigenvalue weighted by atomic mass is 16.5. The minimum absolute atomic E-state index is 0.0395. The van der Waals surface area contributed by atoms with E-state index in [9.17, 15) is 4.79 Å². The topological polar surface area (TPSA) is 50.8 Å². The van der Waals surface area contributed by atoms with Gasteiger partial charge >= 0.3 is 0 Å². The van der Waals surface area contributed by atoms with Crippen molar-refractivity contribution in [2.24, 2.45) is 0 Å². The van der Waals surface area contributed by atoms with Gasteiger partial charge in [-0.25, -0.2) is 0 Å². The lowest BCUT2D eigenvalue weighted by atomic mass is 9.98. The van der Waals surface area contributed by atoms with Crippen LogP contribution in [-0.2, 0) is 14.3 Å². The predicted octanol–water partition coefficient (Wildman–Crippen LogP) is 0.350. The van der Waals surface area contributed by atoms with Crippen molar-refractivity contribution in [2.75, 3.05) is 34.0 Å². The van der Waals surface area contributed by atoms with Gasteiger partial charge in [0.25, 0.3) is 0 Å². The minimum Gasteiger partial charge on any atom is -0.382 e. The van der Waals surface area contributed by atoms with Crippen molar-refractivity contribution in [1.29, 1.82) is 0 Å². The second-order valence-electron chi connectivity index (χ2n) is 4.96. The van der Waals surface area contributed by atoms with E-state index in [1.165, 1.54) is 0 Å². The summed E-state index contributed by atoms with van der Waals surface area (Å²) in [6.45, 7) is 1.77. The van der Waals surface area contributed by atoms with Crippen molar-refractivity contribution >= 4 is 5.91 Å². The van der Waals surface area contributed by atoms with Crippen molar-refractivity contribution in [2.45, 2.75) is 37.3 Å². The highest BCUT2D eigenvalue weighted by molar-refractivity contribution is 5.88. The fourth-order valence-electron chi connectivity index (χ4n) is 2.84. The first-order valence-electron chi connectivity index (χ1n) is 6.28. The van der Waals surface area contributed by atoms with Crippen LogP contribution < -0.4 is 5.32 Å². The Hall–Kier alpha value is -0.650. The van der Waals surface area contributed by atoms with Gasteiger partial charge in [-0.2, -0.15) is 0 Å². The Morgan fingerprint density at radius 3 is 2.71 bits per heavy atom. The third-order valence-corrected chi connectivity index (χ3v) is 3.87. The largest absolute Gasteiger partial charge is 0.382 e. The van der Waals surface area contributed by atoms with E-state index >= 15 is 0 Å². The molecule has 17 heavy (non-hydrogen) atoms. The molecule has 0 aromatic carbocycles. The van der Waals surface area contributed by atoms with Gasteiger partial charge in [0.1, 0.15) is 0 Å². The summed E-state index contributed by atoms with van der Waals surface area (Å²) < 4.78 is 10.4. The predicted molar refractivity (Wildman–Crippen MR) is 63.6 cm³/mol. The zero-order chi connectivity index (χ0) is 12.3. The van der Waals surface area contributed by atoms with Gasteiger partial charge < -0.3 is 14.4 Å². The minimum atomic E-state index is -0.259. The van der Waals surface area contributed by atoms with Crippen LogP contribution in [0.1, 0.15) is 25.7 Å². The Morgan fingerprint density at radius 1 is 1.41 bits per heavy atom. The molecule has 0 aromatic rings. The average molecular weight is 242 g/mol. The lowest BCUT2D eigenvalue weighted by molar-refractivity contribution is -0.134. The average Bonchev–Trinajstić information content (AvgIpc) is 2.92. The smallest absolute Gasteiger partial charge is 0.244 e. The molecule has 1 atom stereocenters. The molecule has 0 radical (unpaired) electrons. The maximum Gasteiger partial charge on any atom is 0.244 e. The van der Waals surface area contributed by atoms with Gasteiger partial charge in [-0.3, -0.25) is 10.1 Å². The molecule has 5 nitrogen and oxygen atoms in total. The van der Waals surface area contributed by atoms with Crippen LogP contribution in [0.3, 0.4) is 0 Å². The second-order valence-corrected chi connectivity index (χ2v) is 4.96. The Balaban J connectivity index is 1.93. The van der Waals surface area contributed by atoms with Crippen molar-refractivity contribution in [3.63, 3.8) is 0 Å². The molecule has 1 saturated heterocycles. The number of hydrogen-bond acceptors (Lipinski definition) is 4. The monoisotopic (exact) mass is 242 g/mol. The van der Waals surface area contributed by atoms with E-state index in [4.69, 9.17) is 9.47 Å². The van der Waals surface area contributed by atoms with Gasteiger partial charge in [0.2, 0.25) is 5.91 Å². The molecule has 1 unspecified atom stereocenters. The van der Waals surface area contributed by atoms with Crippen molar-refractivity contribution in [1.82, 2.24) is 10.2 Å². The molecule has 1 N–H and O–H groups in total. The second kappa shape index (κ2) is 5.33. The molecule has 0 bridgehead atoms. The fraction of sp³-hybridized carbons (Fsp3) is 0.917. The van der Waals surface area contributed by atoms with Gasteiger partial charge in [0.05, 0.1) is 31.5 Å². The van der Waals surface area contributed by atoms with Crippen LogP contribution >= 0.6 is 0 Å². The van der Waals surface area contributed by atoms with E-state index in [2.05, 4.69) is 5.32 Å². The molecular weight excluding hydrogens is 220 g/mol. The Labute approximate surface area is 102 Å². The Kier molecular flexibility index (Phi) is 4.01. The first-order valence-corrected chi connectivity index (χ1v) is 6.28. The summed E-state index contributed by atoms with van der Waals surface area (Å²) in [7, 11) is 3.30. The van der Waals surface area contributed by atoms with Gasteiger partial charge in [0, 0.05) is 14.2 Å². The lowest BCUT2D eigenvalue weighted by Gasteiger charge is -2.24. The summed E-state index contributed by atoms with van der Waals surface area (Å²) in [5.74, 6) is 0.244. The summed E-state index contributed by atoms with van der Waals surface area (Å²) in [6, 6.07) is 0. The Morgan fingerprint density at radius 2 is 2.12 bits per heavy atom. The number of carbonyl (C=O) groups excluding carboxylic acids is 1. The number of amides is 1. The quantitative estimate of drug-likeness (QED) is 0.756. The fourth-order valence-corrected chi connectivity index (χ4v) is 2.84. The summed E-state index contributed by atoms with van der Waals surface area (Å²) in [5, 5.41) is 3.38. The van der Waals surface area contributed by atoms with Gasteiger partial charge in [0.15, 0.2) is 0 Å². The molecular formula is C12H22N2O3. The molecule has 1 spiro atoms. The summed E-state index contributed by atoms with van der Waals surface area (Å²) in [4.78, 5) is 14.2. The van der Waals surface area contributed by atoms with Crippen LogP contribution in [0.25, 0.3) is 0 Å². The summed E-state index contributed by atoms with van der Waals surface area (Å²) in [6.07, 6.45) is 4.22. The van der Waals surface area contributed by atoms with E-state index in [1.807, 2.05) is 4.90 Å². The number of methoxy groups -OCH3 is 2. The number of nitrogens with one attached hydrogen (secondary N) is 1. The molecule has 1 heterocycles. The van der Waals surface area contributed by atoms with E-state index in [0.717, 1.165) is 25.7 Å². The van der Waals surface area contributed by atoms with Gasteiger partial charge in [-0.15, -0.1) is 0 Å². The van der Waals surface area contributed by atoms with E-state index in [0.29, 0.717) is 19.8 Å². The number of nitrogens with zero attached hydrogens (tertiary/aromatic N) is 1. The van der Waals surface area contributed by atoms with E-state index < -0.39 is 0 Å². The molecule has 1 amide bonds. The molecule has 1 aliphatic heterocycles. The van der Waals surface area contributed by atoms with Crippen molar-refractivity contribution in [3.05, 3.63) is 0 Å². The maximum atomic E-state index is 12.4. The van der Waals surface area contributed by atoms with Crippen LogP contribution in [0, 0.1) is 0 Å². The van der Waals surface area contributed by atoms with Crippen LogP contribution in [0.4, 0.5) is 0 Å². The Bertz CT molecular complexity index is 277. The molecule has 1 aliphatic carbocycles. The SMILES string of the molecule is COCC(CN1CNC2(CCCC2)C1=O)OC. The molecule has 1 saturated carbocycles. The standard InChI is InChI=1S/C12H22N2O3/c1-16-8-10(17-2)7-14-9-13-12(11(14)15)5-3-4-6-12/h10,13H,3-9H2,1-2H3. The normalized spacial score (nSPS) is 24.8. The molecule has 2 rings (SSSR count). The third-order valence-electron chi connectivity index (χ3n) is 3.87. The molecule has 2 aliphatic rings.